The first-order valence-corrected chi connectivity index (χ1v) is 11.3. The first-order valence-electron chi connectivity index (χ1n) is 10.6. The van der Waals surface area contributed by atoms with Crippen LogP contribution in [-0.2, 0) is 4.18 Å². The molecule has 3 aliphatic rings. The largest absolute Gasteiger partial charge is 0.387 e. The quantitative estimate of drug-likeness (QED) is 0.636. The summed E-state index contributed by atoms with van der Waals surface area (Å²) in [5.41, 5.74) is 1.68. The van der Waals surface area contributed by atoms with Gasteiger partial charge in [-0.05, 0) is 58.0 Å². The van der Waals surface area contributed by atoms with Gasteiger partial charge in [0, 0.05) is 16.9 Å². The minimum atomic E-state index is -0.956. The average molecular weight is 434 g/mol. The third-order valence-electron chi connectivity index (χ3n) is 6.33. The van der Waals surface area contributed by atoms with Crippen LogP contribution >= 0.6 is 12.0 Å². The lowest BCUT2D eigenvalue weighted by atomic mass is 9.90. The van der Waals surface area contributed by atoms with Gasteiger partial charge in [-0.3, -0.25) is 4.90 Å². The number of anilines is 3. The van der Waals surface area contributed by atoms with Crippen molar-refractivity contribution in [2.45, 2.75) is 55.9 Å². The molecule has 0 amide bonds. The van der Waals surface area contributed by atoms with E-state index in [-0.39, 0.29) is 12.1 Å². The molecule has 0 aromatic heterocycles. The minimum Gasteiger partial charge on any atom is -0.387 e. The van der Waals surface area contributed by atoms with Crippen LogP contribution in [0.4, 0.5) is 17.1 Å². The van der Waals surface area contributed by atoms with Crippen molar-refractivity contribution in [3.63, 3.8) is 0 Å². The van der Waals surface area contributed by atoms with Crippen LogP contribution < -0.4 is 9.80 Å². The molecule has 5 rings (SSSR count). The number of rotatable bonds is 5. The fourth-order valence-electron chi connectivity index (χ4n) is 3.85. The normalized spacial score (nSPS) is 21.8. The first-order chi connectivity index (χ1) is 14.8. The number of aliphatic hydroxyl groups is 1. The van der Waals surface area contributed by atoms with Gasteiger partial charge in [0.2, 0.25) is 5.96 Å². The predicted molar refractivity (Wildman–Crippen MR) is 128 cm³/mol. The highest BCUT2D eigenvalue weighted by Gasteiger charge is 2.44. The summed E-state index contributed by atoms with van der Waals surface area (Å²) in [6, 6.07) is 17.0. The third-order valence-corrected chi connectivity index (χ3v) is 7.28. The summed E-state index contributed by atoms with van der Waals surface area (Å²) < 4.78 is 6.02. The number of allylic oxidation sites excluding steroid dienone is 2. The van der Waals surface area contributed by atoms with E-state index < -0.39 is 11.2 Å². The highest BCUT2D eigenvalue weighted by Crippen LogP contribution is 2.47. The molecule has 0 saturated heterocycles. The van der Waals surface area contributed by atoms with Gasteiger partial charge >= 0.3 is 0 Å². The Hall–Kier alpha value is -2.54. The second kappa shape index (κ2) is 7.26. The monoisotopic (exact) mass is 433 g/mol. The molecule has 31 heavy (non-hydrogen) atoms. The summed E-state index contributed by atoms with van der Waals surface area (Å²) in [5, 5.41) is 10.4. The highest BCUT2D eigenvalue weighted by molar-refractivity contribution is 7.94. The Morgan fingerprint density at radius 1 is 0.968 bits per heavy atom. The fourth-order valence-corrected chi connectivity index (χ4v) is 4.66. The Kier molecular flexibility index (Phi) is 4.77. The van der Waals surface area contributed by atoms with Crippen molar-refractivity contribution >= 4 is 35.1 Å². The standard InChI is InChI=1S/C25H27N3O2S/c1-24(2,29)25(3,4)30-31-18-11-9-10-17(16-18)27-21-14-7-8-15-22(21)28-20-13-6-5-12-19(20)26-23(27)28/h5-16,19-20,29H,1-4H3. The van der Waals surface area contributed by atoms with Gasteiger partial charge in [0.15, 0.2) is 0 Å². The zero-order chi connectivity index (χ0) is 21.8. The molecule has 2 aliphatic heterocycles. The molecule has 0 bridgehead atoms. The van der Waals surface area contributed by atoms with Crippen molar-refractivity contribution in [1.82, 2.24) is 0 Å². The average Bonchev–Trinajstić information content (AvgIpc) is 3.26. The van der Waals surface area contributed by atoms with Crippen molar-refractivity contribution in [3.05, 3.63) is 72.8 Å². The van der Waals surface area contributed by atoms with E-state index in [9.17, 15) is 5.11 Å². The van der Waals surface area contributed by atoms with E-state index in [4.69, 9.17) is 9.18 Å². The van der Waals surface area contributed by atoms with Gasteiger partial charge in [-0.15, -0.1) is 0 Å². The number of aliphatic imine (C=N–C) groups is 1. The molecule has 160 valence electrons. The lowest BCUT2D eigenvalue weighted by molar-refractivity contribution is -0.0813. The van der Waals surface area contributed by atoms with Gasteiger partial charge in [0.1, 0.15) is 5.60 Å². The lowest BCUT2D eigenvalue weighted by Crippen LogP contribution is -2.45. The molecule has 5 nitrogen and oxygen atoms in total. The van der Waals surface area contributed by atoms with E-state index in [0.717, 1.165) is 22.2 Å². The van der Waals surface area contributed by atoms with E-state index in [1.165, 1.54) is 17.7 Å². The number of nitrogens with zero attached hydrogens (tertiary/aromatic N) is 3. The number of benzene rings is 2. The summed E-state index contributed by atoms with van der Waals surface area (Å²) in [4.78, 5) is 10.6. The molecule has 0 saturated carbocycles. The number of guanidine groups is 1. The van der Waals surface area contributed by atoms with Crippen molar-refractivity contribution in [2.24, 2.45) is 4.99 Å². The molecule has 0 spiro atoms. The summed E-state index contributed by atoms with van der Waals surface area (Å²) >= 11 is 1.29. The molecule has 2 heterocycles. The summed E-state index contributed by atoms with van der Waals surface area (Å²) in [6.07, 6.45) is 8.56. The zero-order valence-corrected chi connectivity index (χ0v) is 19.0. The summed E-state index contributed by atoms with van der Waals surface area (Å²) in [7, 11) is 0. The fraction of sp³-hybridized carbons (Fsp3) is 0.320. The van der Waals surface area contributed by atoms with Gasteiger partial charge in [-0.1, -0.05) is 42.5 Å². The maximum absolute atomic E-state index is 10.4. The van der Waals surface area contributed by atoms with Gasteiger partial charge in [-0.2, -0.15) is 0 Å². The van der Waals surface area contributed by atoms with Crippen LogP contribution in [0.2, 0.25) is 0 Å². The van der Waals surface area contributed by atoms with Crippen molar-refractivity contribution in [1.29, 1.82) is 0 Å². The van der Waals surface area contributed by atoms with Gasteiger partial charge in [0.05, 0.1) is 34.7 Å². The maximum Gasteiger partial charge on any atom is 0.211 e. The molecule has 2 atom stereocenters. The SMILES string of the molecule is CC(C)(O)C(C)(C)OSc1cccc(N2C3=NC4C=CC=CC4N3c3ccccc32)c1. The van der Waals surface area contributed by atoms with Crippen molar-refractivity contribution in [3.8, 4) is 0 Å². The molecule has 2 unspecified atom stereocenters. The molecule has 0 radical (unpaired) electrons. The molecule has 0 fully saturated rings. The Bertz CT molecular complexity index is 1100. The third kappa shape index (κ3) is 3.39. The van der Waals surface area contributed by atoms with E-state index in [1.807, 2.05) is 26.0 Å². The Morgan fingerprint density at radius 2 is 1.71 bits per heavy atom. The van der Waals surface area contributed by atoms with Crippen LogP contribution in [-0.4, -0.2) is 34.4 Å². The van der Waals surface area contributed by atoms with Crippen LogP contribution in [0, 0.1) is 0 Å². The van der Waals surface area contributed by atoms with E-state index in [1.54, 1.807) is 13.8 Å². The molecule has 1 aliphatic carbocycles. The Balaban J connectivity index is 1.48. The topological polar surface area (TPSA) is 48.3 Å². The van der Waals surface area contributed by atoms with Crippen LogP contribution in [0.15, 0.2) is 82.7 Å². The van der Waals surface area contributed by atoms with E-state index in [2.05, 4.69) is 70.5 Å². The van der Waals surface area contributed by atoms with Crippen LogP contribution in [0.25, 0.3) is 0 Å². The second-order valence-electron chi connectivity index (χ2n) is 9.11. The maximum atomic E-state index is 10.4. The number of fused-ring (bicyclic) bond motifs is 5. The van der Waals surface area contributed by atoms with Gasteiger partial charge in [0.25, 0.3) is 0 Å². The van der Waals surface area contributed by atoms with Gasteiger partial charge < -0.3 is 14.2 Å². The Morgan fingerprint density at radius 3 is 2.48 bits per heavy atom. The van der Waals surface area contributed by atoms with Crippen LogP contribution in [0.5, 0.6) is 0 Å². The minimum absolute atomic E-state index is 0.129. The molecule has 2 aromatic carbocycles. The number of hydrogen-bond donors (Lipinski definition) is 1. The molecule has 2 aromatic rings. The molecule has 6 heteroatoms. The summed E-state index contributed by atoms with van der Waals surface area (Å²) in [5.74, 6) is 0.951. The van der Waals surface area contributed by atoms with Crippen molar-refractivity contribution < 1.29 is 9.29 Å². The predicted octanol–water partition coefficient (Wildman–Crippen LogP) is 5.45. The lowest BCUT2D eigenvalue weighted by Gasteiger charge is -2.35. The first kappa shape index (κ1) is 20.4. The molecular weight excluding hydrogens is 406 g/mol. The smallest absolute Gasteiger partial charge is 0.211 e. The molecule has 1 N–H and O–H groups in total. The zero-order valence-electron chi connectivity index (χ0n) is 18.2. The second-order valence-corrected chi connectivity index (χ2v) is 9.91. The molecular formula is C25H27N3O2S. The number of para-hydroxylation sites is 2. The van der Waals surface area contributed by atoms with Crippen LogP contribution in [0.1, 0.15) is 27.7 Å². The highest BCUT2D eigenvalue weighted by atomic mass is 32.2. The van der Waals surface area contributed by atoms with Crippen molar-refractivity contribution in [2.75, 3.05) is 9.80 Å². The Labute approximate surface area is 187 Å². The van der Waals surface area contributed by atoms with E-state index in [0.29, 0.717) is 0 Å². The van der Waals surface area contributed by atoms with Crippen LogP contribution in [0.3, 0.4) is 0 Å². The van der Waals surface area contributed by atoms with Gasteiger partial charge in [-0.25, -0.2) is 4.99 Å². The van der Waals surface area contributed by atoms with E-state index >= 15 is 0 Å². The number of hydrogen-bond acceptors (Lipinski definition) is 6. The summed E-state index contributed by atoms with van der Waals surface area (Å²) in [6.45, 7) is 7.32.